The first-order valence-corrected chi connectivity index (χ1v) is 7.73. The number of hydrogen-bond acceptors (Lipinski definition) is 2. The third-order valence-corrected chi connectivity index (χ3v) is 5.73. The first-order valence-electron chi connectivity index (χ1n) is 7.73. The highest BCUT2D eigenvalue weighted by atomic mass is 15.2. The van der Waals surface area contributed by atoms with Crippen LogP contribution < -0.4 is 5.32 Å². The maximum absolute atomic E-state index is 3.67. The molecule has 1 saturated carbocycles. The standard InChI is InChI=1S/C15H28N2/c1-13-4-9-16-14(13)12-17-10-7-15(8-11-17)5-2-3-6-15/h13-14,16H,2-12H2,1H3. The van der Waals surface area contributed by atoms with Gasteiger partial charge in [-0.25, -0.2) is 0 Å². The van der Waals surface area contributed by atoms with Crippen molar-refractivity contribution in [3.63, 3.8) is 0 Å². The Balaban J connectivity index is 1.48. The average Bonchev–Trinajstić information content (AvgIpc) is 2.94. The van der Waals surface area contributed by atoms with Crippen molar-refractivity contribution in [3.8, 4) is 0 Å². The molecule has 1 N–H and O–H groups in total. The highest BCUT2D eigenvalue weighted by Crippen LogP contribution is 2.46. The van der Waals surface area contributed by atoms with Crippen LogP contribution in [0.25, 0.3) is 0 Å². The topological polar surface area (TPSA) is 15.3 Å². The quantitative estimate of drug-likeness (QED) is 0.793. The summed E-state index contributed by atoms with van der Waals surface area (Å²) in [6, 6.07) is 0.771. The number of nitrogens with one attached hydrogen (secondary N) is 1. The summed E-state index contributed by atoms with van der Waals surface area (Å²) in [6.45, 7) is 7.68. The molecule has 2 atom stereocenters. The fraction of sp³-hybridized carbons (Fsp3) is 1.00. The van der Waals surface area contributed by atoms with E-state index in [4.69, 9.17) is 0 Å². The van der Waals surface area contributed by atoms with Crippen LogP contribution in [0.15, 0.2) is 0 Å². The highest BCUT2D eigenvalue weighted by molar-refractivity contribution is 4.91. The van der Waals surface area contributed by atoms with Gasteiger partial charge in [0.1, 0.15) is 0 Å². The van der Waals surface area contributed by atoms with Crippen molar-refractivity contribution >= 4 is 0 Å². The lowest BCUT2D eigenvalue weighted by Crippen LogP contribution is -2.45. The SMILES string of the molecule is CC1CCNC1CN1CCC2(CCCC2)CC1. The summed E-state index contributed by atoms with van der Waals surface area (Å²) in [4.78, 5) is 2.73. The van der Waals surface area contributed by atoms with Crippen molar-refractivity contribution in [2.24, 2.45) is 11.3 Å². The second-order valence-electron chi connectivity index (χ2n) is 6.83. The summed E-state index contributed by atoms with van der Waals surface area (Å²) in [7, 11) is 0. The van der Waals surface area contributed by atoms with Crippen LogP contribution in [0, 0.1) is 11.3 Å². The minimum absolute atomic E-state index is 0.771. The molecule has 0 aromatic heterocycles. The summed E-state index contributed by atoms with van der Waals surface area (Å²) in [6.07, 6.45) is 10.4. The van der Waals surface area contributed by atoms with Gasteiger partial charge in [-0.15, -0.1) is 0 Å². The van der Waals surface area contributed by atoms with Gasteiger partial charge in [-0.3, -0.25) is 0 Å². The first-order chi connectivity index (χ1) is 8.27. The highest BCUT2D eigenvalue weighted by Gasteiger charge is 2.37. The Morgan fingerprint density at radius 1 is 1.12 bits per heavy atom. The molecule has 2 heteroatoms. The molecule has 3 fully saturated rings. The van der Waals surface area contributed by atoms with Crippen LogP contribution >= 0.6 is 0 Å². The van der Waals surface area contributed by atoms with E-state index < -0.39 is 0 Å². The summed E-state index contributed by atoms with van der Waals surface area (Å²) in [5.74, 6) is 0.886. The zero-order valence-electron chi connectivity index (χ0n) is 11.4. The van der Waals surface area contributed by atoms with Crippen LogP contribution in [0.3, 0.4) is 0 Å². The monoisotopic (exact) mass is 236 g/mol. The van der Waals surface area contributed by atoms with E-state index in [-0.39, 0.29) is 0 Å². The van der Waals surface area contributed by atoms with Crippen LogP contribution in [0.4, 0.5) is 0 Å². The van der Waals surface area contributed by atoms with Crippen LogP contribution in [0.5, 0.6) is 0 Å². The molecule has 0 bridgehead atoms. The molecule has 2 heterocycles. The molecule has 2 nitrogen and oxygen atoms in total. The minimum Gasteiger partial charge on any atom is -0.312 e. The molecule has 0 aromatic rings. The Morgan fingerprint density at radius 2 is 1.82 bits per heavy atom. The van der Waals surface area contributed by atoms with E-state index in [1.54, 1.807) is 0 Å². The van der Waals surface area contributed by atoms with E-state index >= 15 is 0 Å². The van der Waals surface area contributed by atoms with Gasteiger partial charge < -0.3 is 10.2 Å². The van der Waals surface area contributed by atoms with E-state index in [0.717, 1.165) is 17.4 Å². The average molecular weight is 236 g/mol. The van der Waals surface area contributed by atoms with E-state index in [9.17, 15) is 0 Å². The number of piperidine rings is 1. The van der Waals surface area contributed by atoms with Crippen LogP contribution in [0.2, 0.25) is 0 Å². The molecule has 2 saturated heterocycles. The van der Waals surface area contributed by atoms with Crippen molar-refractivity contribution in [2.45, 2.75) is 57.9 Å². The number of likely N-dealkylation sites (tertiary alicyclic amines) is 1. The molecular formula is C15H28N2. The smallest absolute Gasteiger partial charge is 0.0221 e. The van der Waals surface area contributed by atoms with Gasteiger partial charge in [0.2, 0.25) is 0 Å². The first kappa shape index (κ1) is 12.0. The Hall–Kier alpha value is -0.0800. The normalized spacial score (nSPS) is 37.9. The second kappa shape index (κ2) is 4.89. The Labute approximate surface area is 106 Å². The van der Waals surface area contributed by atoms with Crippen LogP contribution in [-0.2, 0) is 0 Å². The molecule has 1 spiro atoms. The fourth-order valence-electron chi connectivity index (χ4n) is 4.26. The maximum Gasteiger partial charge on any atom is 0.0221 e. The van der Waals surface area contributed by atoms with Gasteiger partial charge in [0.05, 0.1) is 0 Å². The van der Waals surface area contributed by atoms with Crippen molar-refractivity contribution < 1.29 is 0 Å². The Morgan fingerprint density at radius 3 is 2.41 bits per heavy atom. The summed E-state index contributed by atoms with van der Waals surface area (Å²) < 4.78 is 0. The molecule has 3 rings (SSSR count). The molecule has 1 aliphatic carbocycles. The van der Waals surface area contributed by atoms with Crippen molar-refractivity contribution in [3.05, 3.63) is 0 Å². The lowest BCUT2D eigenvalue weighted by atomic mass is 9.77. The number of hydrogen-bond donors (Lipinski definition) is 1. The van der Waals surface area contributed by atoms with Gasteiger partial charge in [0, 0.05) is 12.6 Å². The number of rotatable bonds is 2. The van der Waals surface area contributed by atoms with Gasteiger partial charge in [-0.2, -0.15) is 0 Å². The van der Waals surface area contributed by atoms with E-state index in [1.807, 2.05) is 0 Å². The predicted molar refractivity (Wildman–Crippen MR) is 72.1 cm³/mol. The number of nitrogens with zero attached hydrogens (tertiary/aromatic N) is 1. The lowest BCUT2D eigenvalue weighted by molar-refractivity contribution is 0.0986. The predicted octanol–water partition coefficient (Wildman–Crippen LogP) is 2.64. The largest absolute Gasteiger partial charge is 0.312 e. The molecule has 0 aromatic carbocycles. The molecular weight excluding hydrogens is 208 g/mol. The molecule has 17 heavy (non-hydrogen) atoms. The van der Waals surface area contributed by atoms with Crippen molar-refractivity contribution in [1.29, 1.82) is 0 Å². The molecule has 2 aliphatic heterocycles. The lowest BCUT2D eigenvalue weighted by Gasteiger charge is -2.40. The molecule has 3 aliphatic rings. The van der Waals surface area contributed by atoms with Crippen LogP contribution in [-0.4, -0.2) is 37.1 Å². The second-order valence-corrected chi connectivity index (χ2v) is 6.83. The fourth-order valence-corrected chi connectivity index (χ4v) is 4.26. The van der Waals surface area contributed by atoms with E-state index in [1.165, 1.54) is 71.1 Å². The van der Waals surface area contributed by atoms with E-state index in [2.05, 4.69) is 17.1 Å². The summed E-state index contributed by atoms with van der Waals surface area (Å²) in [5.41, 5.74) is 0.783. The van der Waals surface area contributed by atoms with Gasteiger partial charge >= 0.3 is 0 Å². The van der Waals surface area contributed by atoms with Crippen molar-refractivity contribution in [2.75, 3.05) is 26.2 Å². The molecule has 0 radical (unpaired) electrons. The molecule has 2 unspecified atom stereocenters. The van der Waals surface area contributed by atoms with E-state index in [0.29, 0.717) is 0 Å². The minimum atomic E-state index is 0.771. The third kappa shape index (κ3) is 2.53. The maximum atomic E-state index is 3.67. The van der Waals surface area contributed by atoms with Gasteiger partial charge in [-0.1, -0.05) is 19.8 Å². The zero-order chi connectivity index (χ0) is 11.7. The van der Waals surface area contributed by atoms with Crippen molar-refractivity contribution in [1.82, 2.24) is 10.2 Å². The molecule has 0 amide bonds. The van der Waals surface area contributed by atoms with Gasteiger partial charge in [0.25, 0.3) is 0 Å². The van der Waals surface area contributed by atoms with Gasteiger partial charge in [-0.05, 0) is 63.1 Å². The van der Waals surface area contributed by atoms with Gasteiger partial charge in [0.15, 0.2) is 0 Å². The Bertz CT molecular complexity index is 248. The Kier molecular flexibility index (Phi) is 3.45. The third-order valence-electron chi connectivity index (χ3n) is 5.73. The zero-order valence-corrected chi connectivity index (χ0v) is 11.4. The van der Waals surface area contributed by atoms with Crippen LogP contribution in [0.1, 0.15) is 51.9 Å². The molecule has 98 valence electrons. The summed E-state index contributed by atoms with van der Waals surface area (Å²) in [5, 5.41) is 3.67. The summed E-state index contributed by atoms with van der Waals surface area (Å²) >= 11 is 0.